The maximum absolute atomic E-state index is 13.2. The van der Waals surface area contributed by atoms with Gasteiger partial charge >= 0.3 is 12.1 Å². The van der Waals surface area contributed by atoms with Gasteiger partial charge in [-0.2, -0.15) is 0 Å². The Hall–Kier alpha value is -2.57. The maximum atomic E-state index is 13.2. The van der Waals surface area contributed by atoms with Gasteiger partial charge in [-0.05, 0) is 57.1 Å². The zero-order valence-corrected chi connectivity index (χ0v) is 16.6. The molecule has 1 aliphatic carbocycles. The van der Waals surface area contributed by atoms with Gasteiger partial charge in [-0.1, -0.05) is 18.2 Å². The molecule has 1 saturated carbocycles. The lowest BCUT2D eigenvalue weighted by atomic mass is 9.78. The maximum Gasteiger partial charge on any atom is 0.407 e. The third-order valence-corrected chi connectivity index (χ3v) is 6.76. The lowest BCUT2D eigenvalue weighted by molar-refractivity contribution is -0.141. The molecule has 1 atom stereocenters. The molecule has 2 amide bonds. The molecule has 7 nitrogen and oxygen atoms in total. The van der Waals surface area contributed by atoms with Crippen LogP contribution in [0.1, 0.15) is 55.3 Å². The minimum Gasteiger partial charge on any atom is -0.465 e. The normalized spacial score (nSPS) is 29.9. The van der Waals surface area contributed by atoms with E-state index in [9.17, 15) is 19.5 Å². The van der Waals surface area contributed by atoms with Crippen LogP contribution >= 0.6 is 0 Å². The van der Waals surface area contributed by atoms with E-state index in [1.807, 2.05) is 23.1 Å². The molecule has 0 radical (unpaired) electrons. The largest absolute Gasteiger partial charge is 0.465 e. The molecule has 1 aromatic rings. The third-order valence-electron chi connectivity index (χ3n) is 6.76. The van der Waals surface area contributed by atoms with Gasteiger partial charge in [0.2, 0.25) is 5.91 Å². The third kappa shape index (κ3) is 3.95. The lowest BCUT2D eigenvalue weighted by Crippen LogP contribution is -2.51. The molecule has 7 heteroatoms. The summed E-state index contributed by atoms with van der Waals surface area (Å²) in [5, 5.41) is 9.33. The van der Waals surface area contributed by atoms with Crippen molar-refractivity contribution in [1.82, 2.24) is 9.80 Å². The van der Waals surface area contributed by atoms with Gasteiger partial charge in [0.15, 0.2) is 0 Å². The molecule has 156 valence electrons. The summed E-state index contributed by atoms with van der Waals surface area (Å²) in [5.74, 6) is -0.172. The molecule has 2 aliphatic heterocycles. The highest BCUT2D eigenvalue weighted by atomic mass is 16.5. The first-order valence-corrected chi connectivity index (χ1v) is 10.5. The molecular formula is C22H28N2O5. The van der Waals surface area contributed by atoms with E-state index in [4.69, 9.17) is 4.74 Å². The molecule has 0 aromatic heterocycles. The quantitative estimate of drug-likeness (QED) is 0.788. The number of likely N-dealkylation sites (tertiary alicyclic amines) is 2. The van der Waals surface area contributed by atoms with E-state index in [0.717, 1.165) is 44.9 Å². The summed E-state index contributed by atoms with van der Waals surface area (Å²) in [5.41, 5.74) is 0.0272. The minimum atomic E-state index is -0.934. The number of hydrogen-bond acceptors (Lipinski definition) is 4. The number of hydrogen-bond donors (Lipinski definition) is 1. The Morgan fingerprint density at radius 1 is 1.03 bits per heavy atom. The second kappa shape index (κ2) is 8.05. The van der Waals surface area contributed by atoms with Crippen LogP contribution in [0.2, 0.25) is 0 Å². The van der Waals surface area contributed by atoms with Crippen molar-refractivity contribution < 1.29 is 24.2 Å². The summed E-state index contributed by atoms with van der Waals surface area (Å²) >= 11 is 0. The van der Waals surface area contributed by atoms with Crippen molar-refractivity contribution in [3.05, 3.63) is 35.9 Å². The van der Waals surface area contributed by atoms with Gasteiger partial charge in [0.25, 0.3) is 0 Å². The van der Waals surface area contributed by atoms with Crippen LogP contribution in [0.3, 0.4) is 0 Å². The molecule has 0 bridgehead atoms. The van der Waals surface area contributed by atoms with Crippen LogP contribution in [0.15, 0.2) is 30.3 Å². The van der Waals surface area contributed by atoms with Gasteiger partial charge in [-0.3, -0.25) is 4.79 Å². The molecule has 1 aromatic carbocycles. The van der Waals surface area contributed by atoms with E-state index >= 15 is 0 Å². The van der Waals surface area contributed by atoms with Crippen LogP contribution in [0.5, 0.6) is 0 Å². The summed E-state index contributed by atoms with van der Waals surface area (Å²) in [6, 6.07) is 9.16. The first-order valence-electron chi connectivity index (χ1n) is 10.5. The zero-order chi connectivity index (χ0) is 20.4. The Balaban J connectivity index is 1.32. The first kappa shape index (κ1) is 19.7. The van der Waals surface area contributed by atoms with Crippen molar-refractivity contribution in [1.29, 1.82) is 0 Å². The predicted octanol–water partition coefficient (Wildman–Crippen LogP) is 3.15. The number of piperidine rings is 1. The molecule has 1 N–H and O–H groups in total. The van der Waals surface area contributed by atoms with Gasteiger partial charge in [0.05, 0.1) is 11.0 Å². The molecule has 3 fully saturated rings. The van der Waals surface area contributed by atoms with Crippen molar-refractivity contribution in [3.63, 3.8) is 0 Å². The van der Waals surface area contributed by atoms with Crippen LogP contribution in [-0.2, 0) is 9.53 Å². The second-order valence-corrected chi connectivity index (χ2v) is 8.54. The van der Waals surface area contributed by atoms with E-state index < -0.39 is 11.5 Å². The molecule has 3 aliphatic rings. The van der Waals surface area contributed by atoms with Crippen molar-refractivity contribution in [2.45, 2.75) is 57.1 Å². The van der Waals surface area contributed by atoms with Crippen molar-refractivity contribution in [2.24, 2.45) is 5.41 Å². The molecular weight excluding hydrogens is 372 g/mol. The summed E-state index contributed by atoms with van der Waals surface area (Å²) < 4.78 is 5.65. The topological polar surface area (TPSA) is 87.2 Å². The zero-order valence-electron chi connectivity index (χ0n) is 16.6. The van der Waals surface area contributed by atoms with Gasteiger partial charge < -0.3 is 19.6 Å². The van der Waals surface area contributed by atoms with E-state index in [2.05, 4.69) is 0 Å². The van der Waals surface area contributed by atoms with Crippen molar-refractivity contribution >= 4 is 18.0 Å². The van der Waals surface area contributed by atoms with Crippen LogP contribution in [0.4, 0.5) is 4.79 Å². The highest BCUT2D eigenvalue weighted by Crippen LogP contribution is 2.42. The Morgan fingerprint density at radius 3 is 2.45 bits per heavy atom. The number of rotatable bonds is 3. The molecule has 4 rings (SSSR count). The van der Waals surface area contributed by atoms with Crippen molar-refractivity contribution in [2.75, 3.05) is 19.6 Å². The van der Waals surface area contributed by atoms with Crippen LogP contribution in [0, 0.1) is 5.41 Å². The molecule has 2 saturated heterocycles. The predicted molar refractivity (Wildman–Crippen MR) is 105 cm³/mol. The average molecular weight is 400 g/mol. The first-order chi connectivity index (χ1) is 14.0. The van der Waals surface area contributed by atoms with Crippen molar-refractivity contribution in [3.8, 4) is 0 Å². The number of carboxylic acid groups (broad SMARTS) is 1. The van der Waals surface area contributed by atoms with Crippen LogP contribution in [0.25, 0.3) is 0 Å². The van der Waals surface area contributed by atoms with Gasteiger partial charge in [-0.15, -0.1) is 0 Å². The average Bonchev–Trinajstić information content (AvgIpc) is 3.05. The molecule has 1 spiro atoms. The second-order valence-electron chi connectivity index (χ2n) is 8.54. The number of ether oxygens (including phenoxy) is 1. The van der Waals surface area contributed by atoms with Gasteiger partial charge in [0, 0.05) is 25.7 Å². The number of carbonyl (C=O) groups excluding carboxylic acids is 2. The van der Waals surface area contributed by atoms with Gasteiger partial charge in [-0.25, -0.2) is 9.59 Å². The summed E-state index contributed by atoms with van der Waals surface area (Å²) in [6.45, 7) is 1.54. The van der Waals surface area contributed by atoms with E-state index in [-0.39, 0.29) is 24.0 Å². The highest BCUT2D eigenvalue weighted by molar-refractivity contribution is 5.89. The number of carbonyl (C=O) groups is 3. The molecule has 0 unspecified atom stereocenters. The summed E-state index contributed by atoms with van der Waals surface area (Å²) in [6.07, 6.45) is 4.35. The number of esters is 1. The standard InChI is InChI=1S/C22H28N2O5/c25-19(16-5-2-1-3-6-16)29-18-9-7-17(8-10-18)24-14-12-22(20(24)26)11-4-13-23(15-22)21(27)28/h1-3,5-6,17-18H,4,7-15H2,(H,27,28)/t17-,18+,22-/m1/s1. The number of nitrogens with zero attached hydrogens (tertiary/aromatic N) is 2. The fourth-order valence-corrected chi connectivity index (χ4v) is 5.14. The van der Waals surface area contributed by atoms with Crippen LogP contribution in [-0.4, -0.2) is 64.7 Å². The van der Waals surface area contributed by atoms with E-state index in [0.29, 0.717) is 25.2 Å². The Kier molecular flexibility index (Phi) is 5.48. The SMILES string of the molecule is O=C(O[C@H]1CC[C@@H](N2CC[C@@]3(CCCN(C(=O)O)C3)C2=O)CC1)c1ccccc1. The number of benzene rings is 1. The summed E-state index contributed by atoms with van der Waals surface area (Å²) in [4.78, 5) is 40.2. The Labute approximate surface area is 170 Å². The lowest BCUT2D eigenvalue weighted by Gasteiger charge is -2.39. The fraction of sp³-hybridized carbons (Fsp3) is 0.591. The highest BCUT2D eigenvalue weighted by Gasteiger charge is 2.51. The number of amides is 2. The molecule has 2 heterocycles. The fourth-order valence-electron chi connectivity index (χ4n) is 5.14. The summed E-state index contributed by atoms with van der Waals surface area (Å²) in [7, 11) is 0. The van der Waals surface area contributed by atoms with Gasteiger partial charge in [0.1, 0.15) is 6.10 Å². The Morgan fingerprint density at radius 2 is 1.76 bits per heavy atom. The van der Waals surface area contributed by atoms with Crippen LogP contribution < -0.4 is 0 Å². The monoisotopic (exact) mass is 400 g/mol. The molecule has 29 heavy (non-hydrogen) atoms. The minimum absolute atomic E-state index is 0.109. The Bertz CT molecular complexity index is 775. The smallest absolute Gasteiger partial charge is 0.407 e. The van der Waals surface area contributed by atoms with E-state index in [1.165, 1.54) is 4.90 Å². The van der Waals surface area contributed by atoms with E-state index in [1.54, 1.807) is 12.1 Å².